The Kier molecular flexibility index (Phi) is 2.94. The molecule has 0 radical (unpaired) electrons. The minimum absolute atomic E-state index is 0.197. The van der Waals surface area contributed by atoms with Gasteiger partial charge in [0.1, 0.15) is 0 Å². The molecule has 0 bridgehead atoms. The maximum atomic E-state index is 5.55. The molecule has 1 aromatic heterocycles. The van der Waals surface area contributed by atoms with Crippen LogP contribution in [-0.4, -0.2) is 29.3 Å². The maximum Gasteiger partial charge on any atom is 0.0951 e. The van der Waals surface area contributed by atoms with Crippen LogP contribution >= 0.6 is 0 Å². The topological polar surface area (TPSA) is 39.1 Å². The van der Waals surface area contributed by atoms with Gasteiger partial charge in [0.05, 0.1) is 18.1 Å². The van der Waals surface area contributed by atoms with E-state index in [1.54, 1.807) is 0 Å². The van der Waals surface area contributed by atoms with Gasteiger partial charge in [-0.2, -0.15) is 0 Å². The standard InChI is InChI=1S/C14H23N3O/c1-14(2)12(7-13(14)18-3)17-9-15-8-11(17)10-5-4-6-16-10/h8-10,12-13,16H,4-7H2,1-3H3/t10-,12?,13?/m0/s1. The van der Waals surface area contributed by atoms with Crippen molar-refractivity contribution in [2.75, 3.05) is 13.7 Å². The zero-order chi connectivity index (χ0) is 12.8. The van der Waals surface area contributed by atoms with Crippen molar-refractivity contribution in [3.8, 4) is 0 Å². The zero-order valence-electron chi connectivity index (χ0n) is 11.5. The Morgan fingerprint density at radius 1 is 1.50 bits per heavy atom. The first-order valence-corrected chi connectivity index (χ1v) is 6.92. The first-order valence-electron chi connectivity index (χ1n) is 6.92. The van der Waals surface area contributed by atoms with Gasteiger partial charge < -0.3 is 14.6 Å². The highest BCUT2D eigenvalue weighted by molar-refractivity contribution is 5.13. The van der Waals surface area contributed by atoms with Gasteiger partial charge in [-0.15, -0.1) is 0 Å². The smallest absolute Gasteiger partial charge is 0.0951 e. The van der Waals surface area contributed by atoms with Gasteiger partial charge in [-0.25, -0.2) is 4.98 Å². The second kappa shape index (κ2) is 4.35. The molecule has 4 nitrogen and oxygen atoms in total. The third-order valence-electron chi connectivity index (χ3n) is 4.86. The Labute approximate surface area is 109 Å². The normalized spacial score (nSPS) is 34.5. The highest BCUT2D eigenvalue weighted by Gasteiger charge is 2.50. The summed E-state index contributed by atoms with van der Waals surface area (Å²) in [5.41, 5.74) is 1.54. The van der Waals surface area contributed by atoms with Crippen LogP contribution in [0.5, 0.6) is 0 Å². The van der Waals surface area contributed by atoms with Gasteiger partial charge in [0.25, 0.3) is 0 Å². The third kappa shape index (κ3) is 1.70. The van der Waals surface area contributed by atoms with Gasteiger partial charge in [0.2, 0.25) is 0 Å². The van der Waals surface area contributed by atoms with Crippen molar-refractivity contribution in [3.05, 3.63) is 18.2 Å². The summed E-state index contributed by atoms with van der Waals surface area (Å²) in [7, 11) is 1.82. The number of rotatable bonds is 3. The molecule has 2 unspecified atom stereocenters. The van der Waals surface area contributed by atoms with Crippen LogP contribution in [-0.2, 0) is 4.74 Å². The second-order valence-corrected chi connectivity index (χ2v) is 6.17. The van der Waals surface area contributed by atoms with Gasteiger partial charge in [0.15, 0.2) is 0 Å². The molecule has 0 amide bonds. The van der Waals surface area contributed by atoms with Crippen LogP contribution in [0.15, 0.2) is 12.5 Å². The molecule has 2 fully saturated rings. The predicted octanol–water partition coefficient (Wildman–Crippen LogP) is 2.29. The van der Waals surface area contributed by atoms with Gasteiger partial charge >= 0.3 is 0 Å². The van der Waals surface area contributed by atoms with Crippen LogP contribution in [0.25, 0.3) is 0 Å². The SMILES string of the molecule is COC1CC(n2cncc2[C@@H]2CCCN2)C1(C)C. The molecule has 1 aliphatic heterocycles. The van der Waals surface area contributed by atoms with Crippen molar-refractivity contribution in [1.82, 2.24) is 14.9 Å². The molecule has 4 heteroatoms. The molecule has 1 aliphatic carbocycles. The first-order chi connectivity index (χ1) is 8.64. The number of hydrogen-bond donors (Lipinski definition) is 1. The Balaban J connectivity index is 1.83. The lowest BCUT2D eigenvalue weighted by Crippen LogP contribution is -2.51. The third-order valence-corrected chi connectivity index (χ3v) is 4.86. The fraction of sp³-hybridized carbons (Fsp3) is 0.786. The molecule has 1 saturated carbocycles. The molecular formula is C14H23N3O. The highest BCUT2D eigenvalue weighted by Crippen LogP contribution is 2.51. The van der Waals surface area contributed by atoms with E-state index in [9.17, 15) is 0 Å². The number of nitrogens with one attached hydrogen (secondary N) is 1. The molecule has 18 heavy (non-hydrogen) atoms. The van der Waals surface area contributed by atoms with Gasteiger partial charge in [0, 0.05) is 30.8 Å². The number of methoxy groups -OCH3 is 1. The summed E-state index contributed by atoms with van der Waals surface area (Å²) in [6, 6.07) is 1.01. The molecule has 1 aromatic rings. The van der Waals surface area contributed by atoms with Crippen LogP contribution in [0.3, 0.4) is 0 Å². The van der Waals surface area contributed by atoms with Crippen molar-refractivity contribution in [3.63, 3.8) is 0 Å². The number of ether oxygens (including phenoxy) is 1. The molecule has 0 aromatic carbocycles. The monoisotopic (exact) mass is 249 g/mol. The second-order valence-electron chi connectivity index (χ2n) is 6.17. The predicted molar refractivity (Wildman–Crippen MR) is 70.4 cm³/mol. The van der Waals surface area contributed by atoms with E-state index in [0.717, 1.165) is 13.0 Å². The maximum absolute atomic E-state index is 5.55. The molecule has 2 heterocycles. The molecular weight excluding hydrogens is 226 g/mol. The summed E-state index contributed by atoms with van der Waals surface area (Å²) < 4.78 is 7.92. The molecule has 1 N–H and O–H groups in total. The first kappa shape index (κ1) is 12.2. The van der Waals surface area contributed by atoms with Gasteiger partial charge in [-0.3, -0.25) is 0 Å². The van der Waals surface area contributed by atoms with Crippen LogP contribution < -0.4 is 5.32 Å². The van der Waals surface area contributed by atoms with E-state index in [2.05, 4.69) is 28.7 Å². The number of hydrogen-bond acceptors (Lipinski definition) is 3. The summed E-state index contributed by atoms with van der Waals surface area (Å²) in [5, 5.41) is 3.56. The fourth-order valence-corrected chi connectivity index (χ4v) is 3.52. The summed E-state index contributed by atoms with van der Waals surface area (Å²) in [6.45, 7) is 5.72. The van der Waals surface area contributed by atoms with E-state index in [1.165, 1.54) is 18.5 Å². The average molecular weight is 249 g/mol. The summed E-state index contributed by atoms with van der Waals surface area (Å²) in [4.78, 5) is 4.37. The van der Waals surface area contributed by atoms with Gasteiger partial charge in [-0.1, -0.05) is 13.8 Å². The Hall–Kier alpha value is -0.870. The van der Waals surface area contributed by atoms with E-state index >= 15 is 0 Å². The fourth-order valence-electron chi connectivity index (χ4n) is 3.52. The number of nitrogens with zero attached hydrogens (tertiary/aromatic N) is 2. The molecule has 3 rings (SSSR count). The molecule has 1 saturated heterocycles. The van der Waals surface area contributed by atoms with Crippen molar-refractivity contribution in [2.45, 2.75) is 51.3 Å². The minimum atomic E-state index is 0.197. The Bertz CT molecular complexity index is 420. The van der Waals surface area contributed by atoms with Crippen LogP contribution in [0, 0.1) is 5.41 Å². The van der Waals surface area contributed by atoms with E-state index in [1.807, 2.05) is 19.6 Å². The Morgan fingerprint density at radius 2 is 2.33 bits per heavy atom. The molecule has 100 valence electrons. The van der Waals surface area contributed by atoms with Crippen LogP contribution in [0.2, 0.25) is 0 Å². The zero-order valence-corrected chi connectivity index (χ0v) is 11.5. The van der Waals surface area contributed by atoms with Crippen molar-refractivity contribution < 1.29 is 4.74 Å². The lowest BCUT2D eigenvalue weighted by atomic mass is 9.64. The van der Waals surface area contributed by atoms with Crippen molar-refractivity contribution in [2.24, 2.45) is 5.41 Å². The van der Waals surface area contributed by atoms with Gasteiger partial charge in [-0.05, 0) is 25.8 Å². The van der Waals surface area contributed by atoms with Crippen LogP contribution in [0.4, 0.5) is 0 Å². The minimum Gasteiger partial charge on any atom is -0.381 e. The van der Waals surface area contributed by atoms with Crippen molar-refractivity contribution in [1.29, 1.82) is 0 Å². The van der Waals surface area contributed by atoms with Crippen molar-refractivity contribution >= 4 is 0 Å². The largest absolute Gasteiger partial charge is 0.381 e. The van der Waals surface area contributed by atoms with E-state index < -0.39 is 0 Å². The van der Waals surface area contributed by atoms with E-state index in [4.69, 9.17) is 4.74 Å². The quantitative estimate of drug-likeness (QED) is 0.893. The Morgan fingerprint density at radius 3 is 2.94 bits per heavy atom. The number of aromatic nitrogens is 2. The lowest BCUT2D eigenvalue weighted by Gasteiger charge is -2.52. The van der Waals surface area contributed by atoms with Crippen LogP contribution in [0.1, 0.15) is 50.9 Å². The summed E-state index contributed by atoms with van der Waals surface area (Å²) >= 11 is 0. The molecule has 2 aliphatic rings. The van der Waals surface area contributed by atoms with E-state index in [-0.39, 0.29) is 5.41 Å². The number of imidazole rings is 1. The molecule has 3 atom stereocenters. The molecule has 0 spiro atoms. The summed E-state index contributed by atoms with van der Waals surface area (Å²) in [6.07, 6.45) is 7.98. The summed E-state index contributed by atoms with van der Waals surface area (Å²) in [5.74, 6) is 0. The van der Waals surface area contributed by atoms with E-state index in [0.29, 0.717) is 18.2 Å². The average Bonchev–Trinajstić information content (AvgIpc) is 2.97. The highest BCUT2D eigenvalue weighted by atomic mass is 16.5. The lowest BCUT2D eigenvalue weighted by molar-refractivity contribution is -0.113.